The Bertz CT molecular complexity index is 1550. The number of alkyl halides is 2. The minimum Gasteiger partial charge on any atom is -0.368 e. The normalized spacial score (nSPS) is 14.6. The first kappa shape index (κ1) is 25.9. The lowest BCUT2D eigenvalue weighted by atomic mass is 9.87. The van der Waals surface area contributed by atoms with Gasteiger partial charge >= 0.3 is 0 Å². The molecule has 0 unspecified atom stereocenters. The van der Waals surface area contributed by atoms with Crippen molar-refractivity contribution in [3.05, 3.63) is 64.4 Å². The second-order valence-electron chi connectivity index (χ2n) is 9.94. The molecule has 0 radical (unpaired) electrons. The van der Waals surface area contributed by atoms with Crippen molar-refractivity contribution >= 4 is 40.0 Å². The van der Waals surface area contributed by atoms with E-state index in [1.54, 1.807) is 54.9 Å². The van der Waals surface area contributed by atoms with Crippen molar-refractivity contribution in [1.29, 1.82) is 0 Å². The Kier molecular flexibility index (Phi) is 6.52. The molecule has 2 aromatic heterocycles. The average molecular weight is 544 g/mol. The summed E-state index contributed by atoms with van der Waals surface area (Å²) >= 11 is 6.26. The molecule has 12 heteroatoms. The van der Waals surface area contributed by atoms with Gasteiger partial charge in [0.25, 0.3) is 0 Å². The zero-order valence-electron chi connectivity index (χ0n) is 20.7. The molecule has 0 fully saturated rings. The number of hydrogen-bond donors (Lipinski definition) is 3. The largest absolute Gasteiger partial charge is 0.368 e. The van der Waals surface area contributed by atoms with Crippen molar-refractivity contribution in [2.24, 2.45) is 5.73 Å². The monoisotopic (exact) mass is 543 g/mol. The molecule has 0 spiro atoms. The number of benzene rings is 2. The van der Waals surface area contributed by atoms with Crippen molar-refractivity contribution < 1.29 is 18.0 Å². The number of amides is 1. The number of nitrogens with two attached hydrogens (primary N) is 1. The minimum atomic E-state index is -1.76. The van der Waals surface area contributed by atoms with E-state index in [4.69, 9.17) is 17.3 Å². The van der Waals surface area contributed by atoms with Gasteiger partial charge in [0, 0.05) is 22.5 Å². The fraction of sp³-hybridized carbons (Fsp3) is 0.308. The summed E-state index contributed by atoms with van der Waals surface area (Å²) in [7, 11) is 0. The molecule has 0 saturated carbocycles. The number of anilines is 2. The highest BCUT2D eigenvalue weighted by Gasteiger charge is 2.43. The van der Waals surface area contributed by atoms with Crippen LogP contribution >= 0.6 is 11.6 Å². The lowest BCUT2D eigenvalue weighted by Crippen LogP contribution is -2.50. The molecular weight excluding hydrogens is 519 g/mol. The maximum atomic E-state index is 14.4. The van der Waals surface area contributed by atoms with E-state index < -0.39 is 24.3 Å². The Balaban J connectivity index is 1.66. The van der Waals surface area contributed by atoms with E-state index in [2.05, 4.69) is 25.7 Å². The van der Waals surface area contributed by atoms with Crippen LogP contribution in [0, 0.1) is 5.82 Å². The SMILES string of the molecule is CC1(C)C(=O)Nc2nc(-c3nn(Cc4ccccc4F)c4cc(Cl)ccc34)nc(NCC(N)(CF)CF)c21. The van der Waals surface area contributed by atoms with E-state index in [1.165, 1.54) is 6.07 Å². The van der Waals surface area contributed by atoms with Crippen LogP contribution < -0.4 is 16.4 Å². The number of fused-ring (bicyclic) bond motifs is 2. The summed E-state index contributed by atoms with van der Waals surface area (Å²) in [6.07, 6.45) is 0. The molecule has 38 heavy (non-hydrogen) atoms. The van der Waals surface area contributed by atoms with Gasteiger partial charge in [-0.25, -0.2) is 23.1 Å². The number of aromatic nitrogens is 4. The highest BCUT2D eigenvalue weighted by Crippen LogP contribution is 2.42. The van der Waals surface area contributed by atoms with Gasteiger partial charge in [0.05, 0.1) is 28.6 Å². The van der Waals surface area contributed by atoms with Crippen LogP contribution in [0.5, 0.6) is 0 Å². The van der Waals surface area contributed by atoms with Crippen LogP contribution in [0.1, 0.15) is 25.0 Å². The predicted octanol–water partition coefficient (Wildman–Crippen LogP) is 4.61. The van der Waals surface area contributed by atoms with Gasteiger partial charge < -0.3 is 16.4 Å². The Morgan fingerprint density at radius 3 is 2.61 bits per heavy atom. The van der Waals surface area contributed by atoms with Gasteiger partial charge in [-0.15, -0.1) is 0 Å². The second kappa shape index (κ2) is 9.55. The molecule has 5 rings (SSSR count). The van der Waals surface area contributed by atoms with E-state index in [1.807, 2.05) is 0 Å². The van der Waals surface area contributed by atoms with Crippen LogP contribution in [0.4, 0.5) is 24.8 Å². The van der Waals surface area contributed by atoms with E-state index in [0.29, 0.717) is 32.7 Å². The number of carbonyl (C=O) groups excluding carboxylic acids is 1. The van der Waals surface area contributed by atoms with Crippen LogP contribution in [0.25, 0.3) is 22.4 Å². The standard InChI is InChI=1S/C26H25ClF3N7O/c1-25(2)19-21(32-13-26(31,11-28)12-29)33-23(34-22(19)35-24(25)38)20-16-8-7-15(27)9-18(16)37(36-20)10-14-5-3-4-6-17(14)30/h3-9H,10-13,31H2,1-2H3,(H2,32,33,34,35,38). The van der Waals surface area contributed by atoms with Crippen LogP contribution in [-0.2, 0) is 16.8 Å². The molecule has 1 amide bonds. The predicted molar refractivity (Wildman–Crippen MR) is 140 cm³/mol. The van der Waals surface area contributed by atoms with Crippen LogP contribution in [0.15, 0.2) is 42.5 Å². The van der Waals surface area contributed by atoms with Crippen molar-refractivity contribution in [3.8, 4) is 11.5 Å². The highest BCUT2D eigenvalue weighted by molar-refractivity contribution is 6.31. The summed E-state index contributed by atoms with van der Waals surface area (Å²) in [4.78, 5) is 21.9. The molecule has 3 heterocycles. The Morgan fingerprint density at radius 2 is 1.89 bits per heavy atom. The number of hydrogen-bond acceptors (Lipinski definition) is 6. The summed E-state index contributed by atoms with van der Waals surface area (Å²) < 4.78 is 42.9. The van der Waals surface area contributed by atoms with Crippen molar-refractivity contribution in [3.63, 3.8) is 0 Å². The number of halogens is 4. The molecule has 4 N–H and O–H groups in total. The van der Waals surface area contributed by atoms with E-state index in [9.17, 15) is 18.0 Å². The summed E-state index contributed by atoms with van der Waals surface area (Å²) in [5, 5.41) is 11.5. The minimum absolute atomic E-state index is 0.117. The molecule has 0 bridgehead atoms. The second-order valence-corrected chi connectivity index (χ2v) is 10.4. The Hall–Kier alpha value is -3.70. The maximum absolute atomic E-state index is 14.4. The van der Waals surface area contributed by atoms with E-state index in [0.717, 1.165) is 0 Å². The zero-order valence-corrected chi connectivity index (χ0v) is 21.4. The fourth-order valence-electron chi connectivity index (χ4n) is 4.37. The quantitative estimate of drug-likeness (QED) is 0.299. The fourth-order valence-corrected chi connectivity index (χ4v) is 4.53. The molecule has 2 aromatic carbocycles. The average Bonchev–Trinajstić information content (AvgIpc) is 3.36. The molecule has 0 saturated heterocycles. The Labute approximate surface area is 221 Å². The molecule has 0 aliphatic carbocycles. The molecule has 0 atom stereocenters. The Morgan fingerprint density at radius 1 is 1.16 bits per heavy atom. The van der Waals surface area contributed by atoms with Gasteiger partial charge in [0.15, 0.2) is 5.82 Å². The van der Waals surface area contributed by atoms with E-state index in [-0.39, 0.29) is 42.3 Å². The van der Waals surface area contributed by atoms with Crippen molar-refractivity contribution in [1.82, 2.24) is 19.7 Å². The number of nitrogens with one attached hydrogen (secondary N) is 2. The lowest BCUT2D eigenvalue weighted by molar-refractivity contribution is -0.119. The van der Waals surface area contributed by atoms with Crippen LogP contribution in [0.3, 0.4) is 0 Å². The van der Waals surface area contributed by atoms with Gasteiger partial charge in [-0.05, 0) is 38.1 Å². The first-order valence-corrected chi connectivity index (χ1v) is 12.2. The number of carbonyl (C=O) groups is 1. The zero-order chi connectivity index (χ0) is 27.2. The van der Waals surface area contributed by atoms with E-state index >= 15 is 0 Å². The third-order valence-electron chi connectivity index (χ3n) is 6.68. The van der Waals surface area contributed by atoms with Gasteiger partial charge in [-0.2, -0.15) is 5.10 Å². The molecule has 4 aromatic rings. The van der Waals surface area contributed by atoms with Gasteiger partial charge in [0.2, 0.25) is 5.91 Å². The third-order valence-corrected chi connectivity index (χ3v) is 6.91. The summed E-state index contributed by atoms with van der Waals surface area (Å²) in [5.74, 6) is -0.0844. The topological polar surface area (TPSA) is 111 Å². The van der Waals surface area contributed by atoms with Crippen molar-refractivity contribution in [2.75, 3.05) is 30.5 Å². The van der Waals surface area contributed by atoms with Crippen LogP contribution in [0.2, 0.25) is 5.02 Å². The molecule has 1 aliphatic heterocycles. The summed E-state index contributed by atoms with van der Waals surface area (Å²) in [6.45, 7) is 1.05. The molecular formula is C26H25ClF3N7O. The van der Waals surface area contributed by atoms with Gasteiger partial charge in [-0.1, -0.05) is 29.8 Å². The van der Waals surface area contributed by atoms with Crippen molar-refractivity contribution in [2.45, 2.75) is 31.3 Å². The summed E-state index contributed by atoms with van der Waals surface area (Å²) in [5.41, 5.74) is 4.88. The number of rotatable bonds is 8. The van der Waals surface area contributed by atoms with Gasteiger partial charge in [-0.3, -0.25) is 9.48 Å². The molecule has 8 nitrogen and oxygen atoms in total. The molecule has 198 valence electrons. The lowest BCUT2D eigenvalue weighted by Gasteiger charge is -2.25. The van der Waals surface area contributed by atoms with Gasteiger partial charge in [0.1, 0.15) is 36.5 Å². The summed E-state index contributed by atoms with van der Waals surface area (Å²) in [6, 6.07) is 11.5. The third kappa shape index (κ3) is 4.45. The number of nitrogens with zero attached hydrogens (tertiary/aromatic N) is 4. The maximum Gasteiger partial charge on any atom is 0.235 e. The first-order valence-electron chi connectivity index (χ1n) is 11.8. The highest BCUT2D eigenvalue weighted by atomic mass is 35.5. The van der Waals surface area contributed by atoms with Crippen LogP contribution in [-0.4, -0.2) is 51.1 Å². The first-order chi connectivity index (χ1) is 18.1. The smallest absolute Gasteiger partial charge is 0.235 e. The molecule has 1 aliphatic rings.